The Labute approximate surface area is 129 Å². The number of carboxylic acids is 1. The van der Waals surface area contributed by atoms with Gasteiger partial charge in [0.25, 0.3) is 0 Å². The molecule has 0 saturated heterocycles. The first-order valence-electron chi connectivity index (χ1n) is 7.33. The highest BCUT2D eigenvalue weighted by atomic mass is 32.2. The van der Waals surface area contributed by atoms with Gasteiger partial charge in [0.1, 0.15) is 5.41 Å². The van der Waals surface area contributed by atoms with Gasteiger partial charge in [-0.2, -0.15) is 0 Å². The van der Waals surface area contributed by atoms with Gasteiger partial charge < -0.3 is 10.0 Å². The van der Waals surface area contributed by atoms with Crippen LogP contribution in [0.1, 0.15) is 26.7 Å². The number of hydrogen-bond acceptors (Lipinski definition) is 3. The largest absolute Gasteiger partial charge is 0.481 e. The first kappa shape index (κ1) is 14.3. The summed E-state index contributed by atoms with van der Waals surface area (Å²) in [4.78, 5) is 16.3. The smallest absolute Gasteiger partial charge is 0.315 e. The third kappa shape index (κ3) is 2.01. The highest BCUT2D eigenvalue weighted by Crippen LogP contribution is 2.54. The van der Waals surface area contributed by atoms with E-state index in [2.05, 4.69) is 30.0 Å². The monoisotopic (exact) mass is 301 g/mol. The van der Waals surface area contributed by atoms with Crippen molar-refractivity contribution in [2.24, 2.45) is 5.41 Å². The summed E-state index contributed by atoms with van der Waals surface area (Å²) >= 11 is 1.63. The van der Waals surface area contributed by atoms with Crippen LogP contribution in [0.25, 0.3) is 0 Å². The van der Waals surface area contributed by atoms with Crippen LogP contribution in [-0.2, 0) is 4.79 Å². The van der Waals surface area contributed by atoms with Crippen molar-refractivity contribution in [1.29, 1.82) is 0 Å². The number of anilines is 1. The summed E-state index contributed by atoms with van der Waals surface area (Å²) in [7, 11) is 0. The van der Waals surface area contributed by atoms with Gasteiger partial charge in [0.2, 0.25) is 0 Å². The van der Waals surface area contributed by atoms with Crippen LogP contribution >= 0.6 is 11.8 Å². The first-order chi connectivity index (χ1) is 10.1. The van der Waals surface area contributed by atoms with E-state index in [1.807, 2.05) is 25.1 Å². The Bertz CT molecular complexity index is 650. The minimum Gasteiger partial charge on any atom is -0.481 e. The molecule has 2 aliphatic rings. The molecule has 0 saturated carbocycles. The fourth-order valence-electron chi connectivity index (χ4n) is 3.14. The third-order valence-corrected chi connectivity index (χ3v) is 5.77. The lowest BCUT2D eigenvalue weighted by Gasteiger charge is -2.41. The van der Waals surface area contributed by atoms with Crippen LogP contribution < -0.4 is 4.90 Å². The molecule has 3 rings (SSSR count). The standard InChI is InChI=1S/C17H19NO2S/c1-3-17(16(19)20)11-7-9-13-15(17)21-14-10-6-5-8-12(14)18(13)4-2/h5-10H,3-4,11H2,1-2H3,(H,19,20). The van der Waals surface area contributed by atoms with E-state index in [1.54, 1.807) is 11.8 Å². The molecule has 1 N–H and O–H groups in total. The van der Waals surface area contributed by atoms with Gasteiger partial charge in [-0.25, -0.2) is 0 Å². The second kappa shape index (κ2) is 5.26. The molecule has 1 aliphatic carbocycles. The van der Waals surface area contributed by atoms with Crippen LogP contribution in [0.3, 0.4) is 0 Å². The molecule has 1 aromatic carbocycles. The molecule has 4 heteroatoms. The molecule has 0 amide bonds. The van der Waals surface area contributed by atoms with Gasteiger partial charge in [0.05, 0.1) is 11.4 Å². The second-order valence-corrected chi connectivity index (χ2v) is 6.43. The van der Waals surface area contributed by atoms with Gasteiger partial charge in [-0.1, -0.05) is 36.9 Å². The number of carbonyl (C=O) groups is 1. The van der Waals surface area contributed by atoms with Gasteiger partial charge in [-0.05, 0) is 38.0 Å². The van der Waals surface area contributed by atoms with E-state index < -0.39 is 11.4 Å². The Morgan fingerprint density at radius 3 is 2.81 bits per heavy atom. The quantitative estimate of drug-likeness (QED) is 0.905. The maximum Gasteiger partial charge on any atom is 0.315 e. The Morgan fingerprint density at radius 2 is 2.14 bits per heavy atom. The second-order valence-electron chi connectivity index (χ2n) is 5.38. The lowest BCUT2D eigenvalue weighted by molar-refractivity contribution is -0.146. The number of benzene rings is 1. The number of thioether (sulfide) groups is 1. The van der Waals surface area contributed by atoms with E-state index in [1.165, 1.54) is 5.69 Å². The van der Waals surface area contributed by atoms with Crippen molar-refractivity contribution < 1.29 is 9.90 Å². The summed E-state index contributed by atoms with van der Waals surface area (Å²) in [6.07, 6.45) is 5.27. The molecule has 3 nitrogen and oxygen atoms in total. The SMILES string of the molecule is CCN1C2=C(Sc3ccccc31)C(CC)(C(=O)O)CC=C2. The molecular formula is C17H19NO2S. The minimum absolute atomic E-state index is 0.574. The zero-order chi connectivity index (χ0) is 15.0. The van der Waals surface area contributed by atoms with Gasteiger partial charge in [0, 0.05) is 16.3 Å². The van der Waals surface area contributed by atoms with Gasteiger partial charge in [0.15, 0.2) is 0 Å². The van der Waals surface area contributed by atoms with Crippen LogP contribution in [0.5, 0.6) is 0 Å². The Morgan fingerprint density at radius 1 is 1.38 bits per heavy atom. The molecule has 110 valence electrons. The molecule has 0 spiro atoms. The normalized spacial score (nSPS) is 23.8. The van der Waals surface area contributed by atoms with Crippen molar-refractivity contribution in [1.82, 2.24) is 0 Å². The van der Waals surface area contributed by atoms with E-state index in [0.717, 1.165) is 22.0 Å². The number of para-hydroxylation sites is 1. The predicted octanol–water partition coefficient (Wildman–Crippen LogP) is 4.27. The fraction of sp³-hybridized carbons (Fsp3) is 0.353. The highest BCUT2D eigenvalue weighted by Gasteiger charge is 2.45. The van der Waals surface area contributed by atoms with Crippen molar-refractivity contribution in [3.63, 3.8) is 0 Å². The molecule has 1 heterocycles. The van der Waals surface area contributed by atoms with Crippen molar-refractivity contribution in [3.05, 3.63) is 47.0 Å². The average molecular weight is 301 g/mol. The topological polar surface area (TPSA) is 40.5 Å². The number of likely N-dealkylation sites (N-methyl/N-ethyl adjacent to an activating group) is 1. The molecule has 1 atom stereocenters. The van der Waals surface area contributed by atoms with E-state index in [0.29, 0.717) is 12.8 Å². The fourth-order valence-corrected chi connectivity index (χ4v) is 4.58. The van der Waals surface area contributed by atoms with Crippen molar-refractivity contribution in [2.45, 2.75) is 31.6 Å². The van der Waals surface area contributed by atoms with Crippen LogP contribution in [0.4, 0.5) is 5.69 Å². The Balaban J connectivity index is 2.19. The average Bonchev–Trinajstić information content (AvgIpc) is 2.51. The number of aliphatic carboxylic acids is 1. The highest BCUT2D eigenvalue weighted by molar-refractivity contribution is 8.03. The number of allylic oxidation sites excluding steroid dienone is 2. The maximum atomic E-state index is 12.0. The summed E-state index contributed by atoms with van der Waals surface area (Å²) in [5.41, 5.74) is 1.44. The minimum atomic E-state index is -0.782. The van der Waals surface area contributed by atoms with Gasteiger partial charge in [-0.3, -0.25) is 4.79 Å². The van der Waals surface area contributed by atoms with Crippen molar-refractivity contribution in [2.75, 3.05) is 11.4 Å². The maximum absolute atomic E-state index is 12.0. The Hall–Kier alpha value is -1.68. The van der Waals surface area contributed by atoms with Gasteiger partial charge in [-0.15, -0.1) is 0 Å². The van der Waals surface area contributed by atoms with Crippen LogP contribution in [0, 0.1) is 5.41 Å². The zero-order valence-corrected chi connectivity index (χ0v) is 13.1. The number of hydrogen-bond donors (Lipinski definition) is 1. The summed E-state index contributed by atoms with van der Waals surface area (Å²) in [6.45, 7) is 4.91. The first-order valence-corrected chi connectivity index (χ1v) is 8.14. The molecule has 0 radical (unpaired) electrons. The lowest BCUT2D eigenvalue weighted by atomic mass is 9.77. The van der Waals surface area contributed by atoms with Crippen LogP contribution in [0.2, 0.25) is 0 Å². The Kier molecular flexibility index (Phi) is 3.57. The molecule has 1 aromatic rings. The molecule has 0 fully saturated rings. The zero-order valence-electron chi connectivity index (χ0n) is 12.3. The number of fused-ring (bicyclic) bond motifs is 1. The molecule has 1 aliphatic heterocycles. The third-order valence-electron chi connectivity index (χ3n) is 4.40. The number of nitrogens with zero attached hydrogens (tertiary/aromatic N) is 1. The molecule has 1 unspecified atom stereocenters. The van der Waals surface area contributed by atoms with Gasteiger partial charge >= 0.3 is 5.97 Å². The molecule has 0 aromatic heterocycles. The number of carboxylic acid groups (broad SMARTS) is 1. The van der Waals surface area contributed by atoms with Crippen LogP contribution in [-0.4, -0.2) is 17.6 Å². The summed E-state index contributed by atoms with van der Waals surface area (Å²) in [6, 6.07) is 8.22. The van der Waals surface area contributed by atoms with E-state index in [-0.39, 0.29) is 0 Å². The molecule has 0 bridgehead atoms. The van der Waals surface area contributed by atoms with Crippen LogP contribution in [0.15, 0.2) is 51.9 Å². The predicted molar refractivity (Wildman–Crippen MR) is 86.5 cm³/mol. The molecular weight excluding hydrogens is 282 g/mol. The van der Waals surface area contributed by atoms with E-state index in [4.69, 9.17) is 0 Å². The molecule has 21 heavy (non-hydrogen) atoms. The van der Waals surface area contributed by atoms with E-state index >= 15 is 0 Å². The lowest BCUT2D eigenvalue weighted by Crippen LogP contribution is -2.38. The van der Waals surface area contributed by atoms with E-state index in [9.17, 15) is 9.90 Å². The summed E-state index contributed by atoms with van der Waals surface area (Å²) in [5, 5.41) is 9.83. The summed E-state index contributed by atoms with van der Waals surface area (Å²) < 4.78 is 0. The number of rotatable bonds is 3. The van der Waals surface area contributed by atoms with Crippen molar-refractivity contribution >= 4 is 23.4 Å². The van der Waals surface area contributed by atoms with Crippen molar-refractivity contribution in [3.8, 4) is 0 Å². The summed E-state index contributed by atoms with van der Waals surface area (Å²) in [5.74, 6) is -0.718.